The van der Waals surface area contributed by atoms with Crippen LogP contribution in [0.1, 0.15) is 12.0 Å². The van der Waals surface area contributed by atoms with Crippen molar-refractivity contribution in [3.8, 4) is 16.9 Å². The van der Waals surface area contributed by atoms with E-state index in [0.29, 0.717) is 16.8 Å². The van der Waals surface area contributed by atoms with Crippen molar-refractivity contribution in [2.75, 3.05) is 6.54 Å². The number of aliphatic carboxylic acids is 1. The second-order valence-corrected chi connectivity index (χ2v) is 5.96. The van der Waals surface area contributed by atoms with Crippen molar-refractivity contribution in [3.05, 3.63) is 72.2 Å². The molecule has 0 radical (unpaired) electrons. The minimum Gasteiger partial charge on any atom is -0.481 e. The van der Waals surface area contributed by atoms with E-state index in [1.807, 2.05) is 30.3 Å². The van der Waals surface area contributed by atoms with Gasteiger partial charge in [-0.05, 0) is 36.4 Å². The molecule has 3 aromatic rings. The molecule has 0 saturated heterocycles. The van der Waals surface area contributed by atoms with Gasteiger partial charge in [-0.3, -0.25) is 9.59 Å². The van der Waals surface area contributed by atoms with Crippen molar-refractivity contribution >= 4 is 11.9 Å². The van der Waals surface area contributed by atoms with Gasteiger partial charge in [-0.1, -0.05) is 18.2 Å². The maximum Gasteiger partial charge on any atom is 0.305 e. The van der Waals surface area contributed by atoms with Gasteiger partial charge in [0.1, 0.15) is 5.82 Å². The highest BCUT2D eigenvalue weighted by molar-refractivity contribution is 5.81. The number of nitrogens with zero attached hydrogens (tertiary/aromatic N) is 2. The third kappa shape index (κ3) is 4.78. The molecule has 0 bridgehead atoms. The summed E-state index contributed by atoms with van der Waals surface area (Å²) in [4.78, 5) is 22.7. The number of nitrogens with one attached hydrogen (secondary N) is 1. The number of rotatable bonds is 7. The van der Waals surface area contributed by atoms with Gasteiger partial charge in [-0.25, -0.2) is 9.07 Å². The fraction of sp³-hybridized carbons (Fsp3) is 0.150. The maximum atomic E-state index is 13.3. The van der Waals surface area contributed by atoms with E-state index in [4.69, 9.17) is 5.11 Å². The van der Waals surface area contributed by atoms with Crippen LogP contribution in [0.3, 0.4) is 0 Å². The minimum absolute atomic E-state index is 0.0408. The first-order valence-corrected chi connectivity index (χ1v) is 8.41. The minimum atomic E-state index is -0.973. The first-order chi connectivity index (χ1) is 13.0. The van der Waals surface area contributed by atoms with E-state index in [-0.39, 0.29) is 31.1 Å². The monoisotopic (exact) mass is 367 g/mol. The Morgan fingerprint density at radius 3 is 2.44 bits per heavy atom. The topological polar surface area (TPSA) is 84.2 Å². The summed E-state index contributed by atoms with van der Waals surface area (Å²) in [6.07, 6.45) is 1.66. The third-order valence-electron chi connectivity index (χ3n) is 3.94. The van der Waals surface area contributed by atoms with Crippen molar-refractivity contribution in [3.63, 3.8) is 0 Å². The normalized spacial score (nSPS) is 10.6. The lowest BCUT2D eigenvalue weighted by Crippen LogP contribution is -2.27. The molecule has 0 unspecified atom stereocenters. The van der Waals surface area contributed by atoms with Gasteiger partial charge in [0.2, 0.25) is 5.91 Å². The highest BCUT2D eigenvalue weighted by Crippen LogP contribution is 2.24. The molecule has 1 heterocycles. The number of aromatic nitrogens is 2. The summed E-state index contributed by atoms with van der Waals surface area (Å²) in [6.45, 7) is 0.0624. The molecule has 6 nitrogen and oxygen atoms in total. The Morgan fingerprint density at radius 1 is 1.07 bits per heavy atom. The van der Waals surface area contributed by atoms with Gasteiger partial charge in [0.05, 0.1) is 24.2 Å². The first-order valence-electron chi connectivity index (χ1n) is 8.41. The van der Waals surface area contributed by atoms with E-state index in [0.717, 1.165) is 5.69 Å². The molecule has 0 aliphatic heterocycles. The molecular formula is C20H18FN3O3. The Bertz CT molecular complexity index is 937. The van der Waals surface area contributed by atoms with Gasteiger partial charge in [-0.15, -0.1) is 0 Å². The molecule has 0 aliphatic rings. The first kappa shape index (κ1) is 18.3. The Balaban J connectivity index is 1.88. The maximum absolute atomic E-state index is 13.3. The van der Waals surface area contributed by atoms with Crippen molar-refractivity contribution < 1.29 is 19.1 Å². The largest absolute Gasteiger partial charge is 0.481 e. The number of benzene rings is 2. The molecule has 1 amide bonds. The van der Waals surface area contributed by atoms with Crippen LogP contribution in [-0.2, 0) is 16.0 Å². The van der Waals surface area contributed by atoms with Gasteiger partial charge in [0.15, 0.2) is 0 Å². The average Bonchev–Trinajstić information content (AvgIpc) is 3.06. The summed E-state index contributed by atoms with van der Waals surface area (Å²) in [5, 5.41) is 15.8. The molecule has 0 atom stereocenters. The molecule has 1 aromatic heterocycles. The Morgan fingerprint density at radius 2 is 1.78 bits per heavy atom. The van der Waals surface area contributed by atoms with Crippen LogP contribution >= 0.6 is 0 Å². The van der Waals surface area contributed by atoms with E-state index in [1.54, 1.807) is 23.0 Å². The Hall–Kier alpha value is -3.48. The molecule has 0 aliphatic carbocycles. The molecule has 138 valence electrons. The van der Waals surface area contributed by atoms with Crippen LogP contribution in [0, 0.1) is 5.82 Å². The Labute approximate surface area is 155 Å². The highest BCUT2D eigenvalue weighted by Gasteiger charge is 2.15. The summed E-state index contributed by atoms with van der Waals surface area (Å²) < 4.78 is 14.9. The summed E-state index contributed by atoms with van der Waals surface area (Å²) in [5.74, 6) is -1.62. The molecule has 7 heteroatoms. The Kier molecular flexibility index (Phi) is 5.61. The summed E-state index contributed by atoms with van der Waals surface area (Å²) >= 11 is 0. The molecule has 0 spiro atoms. The number of carboxylic acid groups (broad SMARTS) is 1. The average molecular weight is 367 g/mol. The van der Waals surface area contributed by atoms with Crippen LogP contribution in [0.25, 0.3) is 16.9 Å². The zero-order valence-electron chi connectivity index (χ0n) is 14.4. The highest BCUT2D eigenvalue weighted by atomic mass is 19.1. The van der Waals surface area contributed by atoms with Crippen molar-refractivity contribution in [2.24, 2.45) is 0 Å². The number of carboxylic acids is 1. The van der Waals surface area contributed by atoms with Gasteiger partial charge < -0.3 is 10.4 Å². The zero-order valence-corrected chi connectivity index (χ0v) is 14.4. The third-order valence-corrected chi connectivity index (χ3v) is 3.94. The van der Waals surface area contributed by atoms with E-state index < -0.39 is 5.97 Å². The summed E-state index contributed by atoms with van der Waals surface area (Å²) in [6, 6.07) is 15.3. The second kappa shape index (κ2) is 8.27. The van der Waals surface area contributed by atoms with E-state index in [2.05, 4.69) is 10.4 Å². The van der Waals surface area contributed by atoms with Crippen LogP contribution in [0.15, 0.2) is 60.8 Å². The quantitative estimate of drug-likeness (QED) is 0.673. The number of hydrogen-bond acceptors (Lipinski definition) is 3. The number of carbonyl (C=O) groups excluding carboxylic acids is 1. The molecule has 3 rings (SSSR count). The van der Waals surface area contributed by atoms with E-state index in [9.17, 15) is 14.0 Å². The number of para-hydroxylation sites is 1. The molecule has 2 N–H and O–H groups in total. The lowest BCUT2D eigenvalue weighted by molar-refractivity contribution is -0.136. The lowest BCUT2D eigenvalue weighted by atomic mass is 10.1. The number of carbonyl (C=O) groups is 2. The van der Waals surface area contributed by atoms with Gasteiger partial charge in [-0.2, -0.15) is 5.10 Å². The van der Waals surface area contributed by atoms with Gasteiger partial charge in [0.25, 0.3) is 0 Å². The second-order valence-electron chi connectivity index (χ2n) is 5.96. The molecular weight excluding hydrogens is 349 g/mol. The van der Waals surface area contributed by atoms with Crippen LogP contribution < -0.4 is 5.32 Å². The van der Waals surface area contributed by atoms with Crippen molar-refractivity contribution in [1.82, 2.24) is 15.1 Å². The summed E-state index contributed by atoms with van der Waals surface area (Å²) in [5.41, 5.74) is 2.77. The van der Waals surface area contributed by atoms with Crippen LogP contribution in [0.5, 0.6) is 0 Å². The van der Waals surface area contributed by atoms with Crippen molar-refractivity contribution in [2.45, 2.75) is 12.8 Å². The van der Waals surface area contributed by atoms with E-state index in [1.165, 1.54) is 12.1 Å². The van der Waals surface area contributed by atoms with Crippen LogP contribution in [0.2, 0.25) is 0 Å². The molecule has 27 heavy (non-hydrogen) atoms. The van der Waals surface area contributed by atoms with E-state index >= 15 is 0 Å². The van der Waals surface area contributed by atoms with Crippen molar-refractivity contribution in [1.29, 1.82) is 0 Å². The van der Waals surface area contributed by atoms with Crippen LogP contribution in [0.4, 0.5) is 4.39 Å². The SMILES string of the molecule is O=C(O)CCNC(=O)Cc1cn(-c2ccccc2)nc1-c1ccc(F)cc1. The predicted octanol–water partition coefficient (Wildman–Crippen LogP) is 2.81. The number of hydrogen-bond donors (Lipinski definition) is 2. The fourth-order valence-corrected chi connectivity index (χ4v) is 2.65. The number of amides is 1. The smallest absolute Gasteiger partial charge is 0.305 e. The lowest BCUT2D eigenvalue weighted by Gasteiger charge is -2.04. The fourth-order valence-electron chi connectivity index (χ4n) is 2.65. The molecule has 0 fully saturated rings. The van der Waals surface area contributed by atoms with Gasteiger partial charge >= 0.3 is 5.97 Å². The molecule has 0 saturated carbocycles. The zero-order chi connectivity index (χ0) is 19.2. The number of halogens is 1. The molecule has 2 aromatic carbocycles. The van der Waals surface area contributed by atoms with Crippen LogP contribution in [-0.4, -0.2) is 33.3 Å². The van der Waals surface area contributed by atoms with Gasteiger partial charge in [0, 0.05) is 23.9 Å². The predicted molar refractivity (Wildman–Crippen MR) is 97.9 cm³/mol. The summed E-state index contributed by atoms with van der Waals surface area (Å²) in [7, 11) is 0. The standard InChI is InChI=1S/C20H18FN3O3/c21-16-8-6-14(7-9-16)20-15(12-18(25)22-11-10-19(26)27)13-24(23-20)17-4-2-1-3-5-17/h1-9,13H,10-12H2,(H,22,25)(H,26,27).